The second-order valence-corrected chi connectivity index (χ2v) is 7.68. The third-order valence-corrected chi connectivity index (χ3v) is 5.33. The first kappa shape index (κ1) is 19.0. The van der Waals surface area contributed by atoms with Gasteiger partial charge in [-0.2, -0.15) is 5.10 Å². The first-order valence-electron chi connectivity index (χ1n) is 9.78. The molecule has 0 spiro atoms. The van der Waals surface area contributed by atoms with Crippen LogP contribution in [0.25, 0.3) is 10.9 Å². The Hall–Kier alpha value is -3.29. The van der Waals surface area contributed by atoms with Gasteiger partial charge in [-0.05, 0) is 37.3 Å². The number of carbonyl (C=O) groups excluding carboxylic acids is 2. The van der Waals surface area contributed by atoms with Crippen LogP contribution < -0.4 is 0 Å². The van der Waals surface area contributed by atoms with Crippen LogP contribution in [0.4, 0.5) is 0 Å². The molecule has 3 heterocycles. The van der Waals surface area contributed by atoms with Crippen LogP contribution in [0, 0.1) is 5.92 Å². The van der Waals surface area contributed by atoms with Crippen LogP contribution in [0.2, 0.25) is 0 Å². The Bertz CT molecular complexity index is 1040. The van der Waals surface area contributed by atoms with Gasteiger partial charge in [-0.1, -0.05) is 18.2 Å². The standard InChI is InChI=1S/C21H24N6O2/c1-26(2)20(28)18-11-15(22-13-23-18)10-14-6-5-9-27(12-14)21(29)19-16-7-3-4-8-17(16)24-25-19/h3-4,7-8,11,13-14H,5-6,9-10,12H2,1-2H3,(H,24,25)/t14-/m1/s1. The van der Waals surface area contributed by atoms with E-state index in [0.29, 0.717) is 24.4 Å². The van der Waals surface area contributed by atoms with Crippen molar-refractivity contribution in [2.24, 2.45) is 5.92 Å². The Labute approximate surface area is 168 Å². The average molecular weight is 392 g/mol. The Morgan fingerprint density at radius 2 is 2.07 bits per heavy atom. The van der Waals surface area contributed by atoms with Crippen molar-refractivity contribution in [1.82, 2.24) is 30.0 Å². The maximum atomic E-state index is 13.1. The van der Waals surface area contributed by atoms with Gasteiger partial charge in [0.1, 0.15) is 12.0 Å². The van der Waals surface area contributed by atoms with Crippen LogP contribution in [0.1, 0.15) is 39.5 Å². The summed E-state index contributed by atoms with van der Waals surface area (Å²) in [5.41, 5.74) is 2.56. The molecule has 2 amide bonds. The average Bonchev–Trinajstić information content (AvgIpc) is 3.17. The van der Waals surface area contributed by atoms with Gasteiger partial charge in [0.2, 0.25) is 0 Å². The van der Waals surface area contributed by atoms with E-state index in [9.17, 15) is 9.59 Å². The summed E-state index contributed by atoms with van der Waals surface area (Å²) < 4.78 is 0. The quantitative estimate of drug-likeness (QED) is 0.734. The number of nitrogens with one attached hydrogen (secondary N) is 1. The van der Waals surface area contributed by atoms with Crippen LogP contribution in [0.5, 0.6) is 0 Å². The highest BCUT2D eigenvalue weighted by molar-refractivity contribution is 6.04. The zero-order chi connectivity index (χ0) is 20.4. The fourth-order valence-electron chi connectivity index (χ4n) is 3.84. The SMILES string of the molecule is CN(C)C(=O)c1cc(C[C@H]2CCCN(C(=O)c3n[nH]c4ccccc34)C2)ncn1. The first-order valence-corrected chi connectivity index (χ1v) is 9.78. The van der Waals surface area contributed by atoms with Crippen molar-refractivity contribution in [3.05, 3.63) is 53.7 Å². The van der Waals surface area contributed by atoms with Crippen molar-refractivity contribution in [2.45, 2.75) is 19.3 Å². The van der Waals surface area contributed by atoms with Crippen LogP contribution >= 0.6 is 0 Å². The van der Waals surface area contributed by atoms with E-state index in [-0.39, 0.29) is 17.7 Å². The van der Waals surface area contributed by atoms with E-state index in [1.807, 2.05) is 29.2 Å². The van der Waals surface area contributed by atoms with Crippen molar-refractivity contribution in [1.29, 1.82) is 0 Å². The molecule has 1 fully saturated rings. The molecule has 0 aliphatic carbocycles. The molecular weight excluding hydrogens is 368 g/mol. The Kier molecular flexibility index (Phi) is 5.24. The van der Waals surface area contributed by atoms with Gasteiger partial charge in [-0.15, -0.1) is 0 Å². The maximum absolute atomic E-state index is 13.1. The van der Waals surface area contributed by atoms with Crippen LogP contribution in [-0.2, 0) is 6.42 Å². The lowest BCUT2D eigenvalue weighted by Gasteiger charge is -2.32. The molecule has 1 saturated heterocycles. The van der Waals surface area contributed by atoms with Crippen LogP contribution in [-0.4, -0.2) is 69.0 Å². The Balaban J connectivity index is 1.47. The fourth-order valence-corrected chi connectivity index (χ4v) is 3.84. The van der Waals surface area contributed by atoms with Crippen molar-refractivity contribution < 1.29 is 9.59 Å². The van der Waals surface area contributed by atoms with E-state index >= 15 is 0 Å². The topological polar surface area (TPSA) is 95.1 Å². The number of rotatable bonds is 4. The van der Waals surface area contributed by atoms with E-state index in [1.165, 1.54) is 11.2 Å². The third-order valence-electron chi connectivity index (χ3n) is 5.33. The molecule has 1 aliphatic rings. The minimum atomic E-state index is -0.139. The van der Waals surface area contributed by atoms with Gasteiger partial charge in [0.05, 0.1) is 5.52 Å². The Morgan fingerprint density at radius 1 is 1.24 bits per heavy atom. The molecule has 3 aromatic rings. The third kappa shape index (κ3) is 3.96. The highest BCUT2D eigenvalue weighted by Gasteiger charge is 2.27. The number of nitrogens with zero attached hydrogens (tertiary/aromatic N) is 5. The van der Waals surface area contributed by atoms with Crippen molar-refractivity contribution in [2.75, 3.05) is 27.2 Å². The molecule has 0 saturated carbocycles. The second-order valence-electron chi connectivity index (χ2n) is 7.68. The van der Waals surface area contributed by atoms with E-state index in [1.54, 1.807) is 20.2 Å². The molecule has 0 bridgehead atoms. The molecule has 1 aromatic carbocycles. The lowest BCUT2D eigenvalue weighted by atomic mass is 9.92. The van der Waals surface area contributed by atoms with E-state index in [0.717, 1.165) is 36.0 Å². The smallest absolute Gasteiger partial charge is 0.275 e. The van der Waals surface area contributed by atoms with Gasteiger partial charge in [-0.3, -0.25) is 14.7 Å². The molecular formula is C21H24N6O2. The predicted octanol–water partition coefficient (Wildman–Crippen LogP) is 2.15. The largest absolute Gasteiger partial charge is 0.343 e. The number of fused-ring (bicyclic) bond motifs is 1. The van der Waals surface area contributed by atoms with E-state index in [4.69, 9.17) is 0 Å². The van der Waals surface area contributed by atoms with Gasteiger partial charge in [0.25, 0.3) is 11.8 Å². The number of hydrogen-bond donors (Lipinski definition) is 1. The summed E-state index contributed by atoms with van der Waals surface area (Å²) in [6.07, 6.45) is 4.11. The molecule has 8 heteroatoms. The number of piperidine rings is 1. The highest BCUT2D eigenvalue weighted by Crippen LogP contribution is 2.24. The van der Waals surface area contributed by atoms with Gasteiger partial charge < -0.3 is 9.80 Å². The number of benzene rings is 1. The van der Waals surface area contributed by atoms with Gasteiger partial charge in [0, 0.05) is 38.3 Å². The van der Waals surface area contributed by atoms with Gasteiger partial charge in [-0.25, -0.2) is 9.97 Å². The van der Waals surface area contributed by atoms with Gasteiger partial charge in [0.15, 0.2) is 5.69 Å². The minimum absolute atomic E-state index is 0.0432. The number of hydrogen-bond acceptors (Lipinski definition) is 5. The molecule has 4 rings (SSSR count). The summed E-state index contributed by atoms with van der Waals surface area (Å²) in [6.45, 7) is 1.38. The normalized spacial score (nSPS) is 16.8. The first-order chi connectivity index (χ1) is 14.0. The number of aromatic amines is 1. The fraction of sp³-hybridized carbons (Fsp3) is 0.381. The molecule has 150 valence electrons. The van der Waals surface area contributed by atoms with Crippen LogP contribution in [0.3, 0.4) is 0 Å². The maximum Gasteiger partial charge on any atom is 0.275 e. The number of amides is 2. The van der Waals surface area contributed by atoms with E-state index < -0.39 is 0 Å². The monoisotopic (exact) mass is 392 g/mol. The van der Waals surface area contributed by atoms with Crippen LogP contribution in [0.15, 0.2) is 36.7 Å². The molecule has 1 atom stereocenters. The molecule has 29 heavy (non-hydrogen) atoms. The highest BCUT2D eigenvalue weighted by atomic mass is 16.2. The molecule has 1 N–H and O–H groups in total. The lowest BCUT2D eigenvalue weighted by Crippen LogP contribution is -2.40. The number of carbonyl (C=O) groups is 2. The summed E-state index contributed by atoms with van der Waals surface area (Å²) in [7, 11) is 3.40. The zero-order valence-corrected chi connectivity index (χ0v) is 16.6. The summed E-state index contributed by atoms with van der Waals surface area (Å²) in [6, 6.07) is 9.42. The molecule has 1 aliphatic heterocycles. The van der Waals surface area contributed by atoms with Crippen molar-refractivity contribution in [3.63, 3.8) is 0 Å². The molecule has 8 nitrogen and oxygen atoms in total. The predicted molar refractivity (Wildman–Crippen MR) is 108 cm³/mol. The summed E-state index contributed by atoms with van der Waals surface area (Å²) in [4.78, 5) is 37.0. The second kappa shape index (κ2) is 7.98. The zero-order valence-electron chi connectivity index (χ0n) is 16.6. The van der Waals surface area contributed by atoms with Crippen molar-refractivity contribution >= 4 is 22.7 Å². The molecule has 0 unspecified atom stereocenters. The number of likely N-dealkylation sites (tertiary alicyclic amines) is 1. The summed E-state index contributed by atoms with van der Waals surface area (Å²) >= 11 is 0. The summed E-state index contributed by atoms with van der Waals surface area (Å²) in [5.74, 6) is 0.105. The number of para-hydroxylation sites is 1. The number of H-pyrrole nitrogens is 1. The van der Waals surface area contributed by atoms with Gasteiger partial charge >= 0.3 is 0 Å². The minimum Gasteiger partial charge on any atom is -0.343 e. The Morgan fingerprint density at radius 3 is 2.90 bits per heavy atom. The van der Waals surface area contributed by atoms with Crippen molar-refractivity contribution in [3.8, 4) is 0 Å². The molecule has 2 aromatic heterocycles. The van der Waals surface area contributed by atoms with E-state index in [2.05, 4.69) is 20.2 Å². The number of aromatic nitrogens is 4. The summed E-state index contributed by atoms with van der Waals surface area (Å²) in [5, 5.41) is 8.03. The molecule has 0 radical (unpaired) electrons. The lowest BCUT2D eigenvalue weighted by molar-refractivity contribution is 0.0668.